The van der Waals surface area contributed by atoms with Gasteiger partial charge in [-0.3, -0.25) is 9.36 Å². The Balaban J connectivity index is 1.85. The number of carbonyl (C=O) groups excluding carboxylic acids is 2. The number of hydrogen-bond donors (Lipinski definition) is 4. The molecule has 1 aromatic heterocycles. The van der Waals surface area contributed by atoms with Crippen LogP contribution in [0, 0.1) is 0 Å². The molecule has 0 bridgehead atoms. The van der Waals surface area contributed by atoms with Crippen molar-refractivity contribution in [1.29, 1.82) is 0 Å². The number of benzene rings is 2. The first kappa shape index (κ1) is 29.3. The molecule has 38 heavy (non-hydrogen) atoms. The minimum atomic E-state index is -5.00. The summed E-state index contributed by atoms with van der Waals surface area (Å²) in [6.45, 7) is -2.07. The van der Waals surface area contributed by atoms with Gasteiger partial charge >= 0.3 is 17.9 Å². The SMILES string of the molecule is NC(=O)NC(CNC(=O)Cn1nc(-c2ccc(Cl)cc2)n(CC(O)C(F)(F)F)c1=O)c1cccc(Cl)c1Cl. The molecule has 2 aromatic carbocycles. The van der Waals surface area contributed by atoms with E-state index in [4.69, 9.17) is 40.5 Å². The molecule has 5 N–H and O–H groups in total. The van der Waals surface area contributed by atoms with Gasteiger partial charge in [-0.1, -0.05) is 46.9 Å². The number of urea groups is 1. The van der Waals surface area contributed by atoms with E-state index in [9.17, 15) is 32.7 Å². The molecule has 0 fully saturated rings. The molecule has 0 saturated carbocycles. The molecule has 0 aliphatic heterocycles. The Bertz CT molecular complexity index is 1380. The molecule has 10 nitrogen and oxygen atoms in total. The maximum absolute atomic E-state index is 13.0. The van der Waals surface area contributed by atoms with E-state index >= 15 is 0 Å². The molecule has 2 atom stereocenters. The molecule has 2 unspecified atom stereocenters. The number of alkyl halides is 3. The third-order valence-corrected chi connectivity index (χ3v) is 6.31. The molecular formula is C22H20Cl3F3N6O4. The first-order valence-electron chi connectivity index (χ1n) is 10.7. The lowest BCUT2D eigenvalue weighted by molar-refractivity contribution is -0.207. The normalized spacial score (nSPS) is 13.1. The zero-order valence-corrected chi connectivity index (χ0v) is 21.4. The number of amides is 3. The summed E-state index contributed by atoms with van der Waals surface area (Å²) in [6.07, 6.45) is -7.86. The second-order valence-electron chi connectivity index (χ2n) is 7.95. The second-order valence-corrected chi connectivity index (χ2v) is 9.17. The summed E-state index contributed by atoms with van der Waals surface area (Å²) in [5.41, 5.74) is 4.72. The Morgan fingerprint density at radius 2 is 1.76 bits per heavy atom. The van der Waals surface area contributed by atoms with Crippen molar-refractivity contribution in [2.45, 2.75) is 31.4 Å². The Morgan fingerprint density at radius 3 is 2.37 bits per heavy atom. The number of primary amides is 1. The van der Waals surface area contributed by atoms with Crippen molar-refractivity contribution in [1.82, 2.24) is 25.0 Å². The van der Waals surface area contributed by atoms with Gasteiger partial charge in [-0.2, -0.15) is 13.2 Å². The van der Waals surface area contributed by atoms with Crippen LogP contribution in [-0.4, -0.2) is 50.2 Å². The lowest BCUT2D eigenvalue weighted by Crippen LogP contribution is -2.42. The van der Waals surface area contributed by atoms with E-state index in [0.717, 1.165) is 0 Å². The molecule has 0 radical (unpaired) electrons. The highest BCUT2D eigenvalue weighted by molar-refractivity contribution is 6.42. The molecule has 16 heteroatoms. The molecule has 204 valence electrons. The number of rotatable bonds is 9. The van der Waals surface area contributed by atoms with Crippen LogP contribution in [-0.2, 0) is 17.9 Å². The monoisotopic (exact) mass is 594 g/mol. The Hall–Kier alpha value is -3.26. The van der Waals surface area contributed by atoms with Gasteiger partial charge < -0.3 is 21.5 Å². The minimum Gasteiger partial charge on any atom is -0.382 e. The summed E-state index contributed by atoms with van der Waals surface area (Å²) in [5.74, 6) is -0.994. The van der Waals surface area contributed by atoms with Crippen molar-refractivity contribution in [2.24, 2.45) is 5.73 Å². The van der Waals surface area contributed by atoms with E-state index in [-0.39, 0.29) is 28.0 Å². The zero-order chi connectivity index (χ0) is 28.2. The van der Waals surface area contributed by atoms with Crippen molar-refractivity contribution < 1.29 is 27.9 Å². The fourth-order valence-corrected chi connectivity index (χ4v) is 3.97. The molecule has 3 rings (SSSR count). The van der Waals surface area contributed by atoms with Crippen LogP contribution in [0.25, 0.3) is 11.4 Å². The van der Waals surface area contributed by atoms with E-state index in [2.05, 4.69) is 15.7 Å². The second kappa shape index (κ2) is 12.1. The molecule has 0 aliphatic rings. The first-order valence-corrected chi connectivity index (χ1v) is 11.9. The number of carbonyl (C=O) groups is 2. The number of aliphatic hydroxyl groups excluding tert-OH is 1. The highest BCUT2D eigenvalue weighted by Crippen LogP contribution is 2.30. The number of nitrogens with one attached hydrogen (secondary N) is 2. The van der Waals surface area contributed by atoms with Crippen molar-refractivity contribution in [2.75, 3.05) is 6.54 Å². The van der Waals surface area contributed by atoms with Crippen LogP contribution in [0.2, 0.25) is 15.1 Å². The summed E-state index contributed by atoms with van der Waals surface area (Å²) in [4.78, 5) is 37.0. The van der Waals surface area contributed by atoms with Gasteiger partial charge in [-0.15, -0.1) is 5.10 Å². The maximum Gasteiger partial charge on any atom is 0.416 e. The fourth-order valence-electron chi connectivity index (χ4n) is 3.41. The van der Waals surface area contributed by atoms with E-state index in [1.165, 1.54) is 30.3 Å². The Kier molecular flexibility index (Phi) is 9.31. The van der Waals surface area contributed by atoms with Gasteiger partial charge in [0.15, 0.2) is 11.9 Å². The predicted molar refractivity (Wildman–Crippen MR) is 134 cm³/mol. The fraction of sp³-hybridized carbons (Fsp3) is 0.273. The lowest BCUT2D eigenvalue weighted by atomic mass is 10.1. The van der Waals surface area contributed by atoms with Crippen LogP contribution in [0.5, 0.6) is 0 Å². The molecule has 3 aromatic rings. The van der Waals surface area contributed by atoms with Crippen LogP contribution in [0.4, 0.5) is 18.0 Å². The Morgan fingerprint density at radius 1 is 1.11 bits per heavy atom. The molecule has 0 spiro atoms. The van der Waals surface area contributed by atoms with Crippen molar-refractivity contribution in [3.05, 3.63) is 73.6 Å². The van der Waals surface area contributed by atoms with Crippen LogP contribution in [0.15, 0.2) is 47.3 Å². The Labute approximate surface area is 228 Å². The van der Waals surface area contributed by atoms with Crippen LogP contribution < -0.4 is 22.1 Å². The van der Waals surface area contributed by atoms with E-state index in [1.807, 2.05) is 0 Å². The number of halogens is 6. The number of nitrogens with zero attached hydrogens (tertiary/aromatic N) is 3. The number of hydrogen-bond acceptors (Lipinski definition) is 5. The summed E-state index contributed by atoms with van der Waals surface area (Å²) >= 11 is 18.1. The molecule has 0 saturated heterocycles. The molecule has 3 amide bonds. The summed E-state index contributed by atoms with van der Waals surface area (Å²) in [5, 5.41) is 19.1. The van der Waals surface area contributed by atoms with Crippen molar-refractivity contribution in [3.63, 3.8) is 0 Å². The summed E-state index contributed by atoms with van der Waals surface area (Å²) in [6, 6.07) is 8.53. The summed E-state index contributed by atoms with van der Waals surface area (Å²) < 4.78 is 40.3. The molecule has 1 heterocycles. The largest absolute Gasteiger partial charge is 0.416 e. The maximum atomic E-state index is 13.0. The van der Waals surface area contributed by atoms with Gasteiger partial charge in [-0.05, 0) is 35.9 Å². The molecular weight excluding hydrogens is 576 g/mol. The smallest absolute Gasteiger partial charge is 0.382 e. The van der Waals surface area contributed by atoms with Crippen LogP contribution in [0.1, 0.15) is 11.6 Å². The number of aliphatic hydroxyl groups is 1. The first-order chi connectivity index (χ1) is 17.8. The highest BCUT2D eigenvalue weighted by Gasteiger charge is 2.39. The average Bonchev–Trinajstić information content (AvgIpc) is 3.13. The zero-order valence-electron chi connectivity index (χ0n) is 19.2. The average molecular weight is 596 g/mol. The van der Waals surface area contributed by atoms with Gasteiger partial charge in [-0.25, -0.2) is 14.3 Å². The predicted octanol–water partition coefficient (Wildman–Crippen LogP) is 3.12. The van der Waals surface area contributed by atoms with Gasteiger partial charge in [0.25, 0.3) is 0 Å². The minimum absolute atomic E-state index is 0.118. The molecule has 0 aliphatic carbocycles. The van der Waals surface area contributed by atoms with Gasteiger partial charge in [0, 0.05) is 17.1 Å². The van der Waals surface area contributed by atoms with Crippen LogP contribution >= 0.6 is 34.8 Å². The van der Waals surface area contributed by atoms with Gasteiger partial charge in [0.1, 0.15) is 6.54 Å². The van der Waals surface area contributed by atoms with Crippen LogP contribution in [0.3, 0.4) is 0 Å². The van der Waals surface area contributed by atoms with Crippen molar-refractivity contribution >= 4 is 46.7 Å². The van der Waals surface area contributed by atoms with E-state index in [1.54, 1.807) is 12.1 Å². The topological polar surface area (TPSA) is 144 Å². The van der Waals surface area contributed by atoms with E-state index < -0.39 is 49.0 Å². The van der Waals surface area contributed by atoms with Gasteiger partial charge in [0.05, 0.1) is 22.6 Å². The number of aromatic nitrogens is 3. The standard InChI is InChI=1S/C22H20Cl3F3N6O4/c23-12-6-4-11(5-7-12)19-32-34(21(38)33(19)9-16(35)22(26,27)28)10-17(36)30-8-15(31-20(29)37)13-2-1-3-14(24)18(13)25/h1-7,15-16,35H,8-10H2,(H,30,36)(H3,29,31,37). The lowest BCUT2D eigenvalue weighted by Gasteiger charge is -2.20. The highest BCUT2D eigenvalue weighted by atomic mass is 35.5. The third-order valence-electron chi connectivity index (χ3n) is 5.23. The van der Waals surface area contributed by atoms with E-state index in [0.29, 0.717) is 19.8 Å². The summed E-state index contributed by atoms with van der Waals surface area (Å²) in [7, 11) is 0. The van der Waals surface area contributed by atoms with Gasteiger partial charge in [0.2, 0.25) is 5.91 Å². The number of nitrogens with two attached hydrogens (primary N) is 1. The quantitative estimate of drug-likeness (QED) is 0.301. The van der Waals surface area contributed by atoms with Crippen molar-refractivity contribution in [3.8, 4) is 11.4 Å². The third kappa shape index (κ3) is 7.19.